The zero-order valence-electron chi connectivity index (χ0n) is 16.9. The third-order valence-electron chi connectivity index (χ3n) is 4.63. The van der Waals surface area contributed by atoms with E-state index in [1.165, 1.54) is 7.11 Å². The van der Waals surface area contributed by atoms with E-state index in [1.54, 1.807) is 18.2 Å². The van der Waals surface area contributed by atoms with Crippen LogP contribution in [0.3, 0.4) is 0 Å². The lowest BCUT2D eigenvalue weighted by Gasteiger charge is -2.11. The van der Waals surface area contributed by atoms with Crippen LogP contribution in [0.5, 0.6) is 17.2 Å². The van der Waals surface area contributed by atoms with Gasteiger partial charge < -0.3 is 19.5 Å². The van der Waals surface area contributed by atoms with Crippen LogP contribution >= 0.6 is 0 Å². The molecule has 3 rings (SSSR count). The Kier molecular flexibility index (Phi) is 6.54. The smallest absolute Gasteiger partial charge is 0.257 e. The topological polar surface area (TPSA) is 73.9 Å². The number of aryl methyl sites for hydroxylation is 1. The van der Waals surface area contributed by atoms with Crippen LogP contribution in [0.15, 0.2) is 42.0 Å². The zero-order chi connectivity index (χ0) is 20.8. The third-order valence-corrected chi connectivity index (χ3v) is 4.63. The predicted octanol–water partition coefficient (Wildman–Crippen LogP) is 3.57. The first-order valence-corrected chi connectivity index (χ1v) is 9.58. The number of amides is 1. The van der Waals surface area contributed by atoms with E-state index in [-0.39, 0.29) is 18.3 Å². The Morgan fingerprint density at radius 1 is 1.24 bits per heavy atom. The van der Waals surface area contributed by atoms with Crippen molar-refractivity contribution in [1.29, 1.82) is 0 Å². The number of methoxy groups -OCH3 is 1. The van der Waals surface area contributed by atoms with Crippen molar-refractivity contribution in [3.8, 4) is 17.2 Å². The molecule has 1 N–H and O–H groups in total. The number of rotatable bonds is 6. The maximum Gasteiger partial charge on any atom is 0.257 e. The summed E-state index contributed by atoms with van der Waals surface area (Å²) in [5.41, 5.74) is 3.02. The molecular formula is C23H25NO5. The first-order valence-electron chi connectivity index (χ1n) is 9.58. The molecule has 0 aliphatic carbocycles. The number of nitrogens with one attached hydrogen (secondary N) is 1. The molecule has 0 spiro atoms. The van der Waals surface area contributed by atoms with Crippen LogP contribution < -0.4 is 19.5 Å². The van der Waals surface area contributed by atoms with Crippen molar-refractivity contribution in [2.45, 2.75) is 20.3 Å². The minimum atomic E-state index is -0.196. The molecule has 1 aliphatic heterocycles. The van der Waals surface area contributed by atoms with Gasteiger partial charge in [0.05, 0.1) is 19.3 Å². The highest BCUT2D eigenvalue weighted by molar-refractivity contribution is 6.13. The lowest BCUT2D eigenvalue weighted by molar-refractivity contribution is -0.123. The SMILES string of the molecule is CCNC(=O)COc1ccc(/C=C2\CCOc3c(C)cccc3C2=O)cc1OC. The number of hydrogen-bond donors (Lipinski definition) is 1. The molecule has 0 fully saturated rings. The summed E-state index contributed by atoms with van der Waals surface area (Å²) in [6.45, 7) is 4.69. The summed E-state index contributed by atoms with van der Waals surface area (Å²) in [7, 11) is 1.54. The first kappa shape index (κ1) is 20.5. The van der Waals surface area contributed by atoms with Gasteiger partial charge in [0.1, 0.15) is 5.75 Å². The summed E-state index contributed by atoms with van der Waals surface area (Å²) in [5.74, 6) is 1.40. The molecule has 0 bridgehead atoms. The molecule has 29 heavy (non-hydrogen) atoms. The number of ether oxygens (including phenoxy) is 3. The monoisotopic (exact) mass is 395 g/mol. The molecule has 0 saturated heterocycles. The fraction of sp³-hybridized carbons (Fsp3) is 0.304. The molecular weight excluding hydrogens is 370 g/mol. The summed E-state index contributed by atoms with van der Waals surface area (Å²) in [6.07, 6.45) is 2.37. The minimum Gasteiger partial charge on any atom is -0.493 e. The fourth-order valence-electron chi connectivity index (χ4n) is 3.20. The highest BCUT2D eigenvalue weighted by atomic mass is 16.5. The molecule has 0 saturated carbocycles. The Morgan fingerprint density at radius 2 is 2.07 bits per heavy atom. The first-order chi connectivity index (χ1) is 14.0. The van der Waals surface area contributed by atoms with Crippen molar-refractivity contribution in [2.24, 2.45) is 0 Å². The van der Waals surface area contributed by atoms with Gasteiger partial charge in [-0.25, -0.2) is 0 Å². The predicted molar refractivity (Wildman–Crippen MR) is 111 cm³/mol. The third kappa shape index (κ3) is 4.77. The van der Waals surface area contributed by atoms with Gasteiger partial charge in [0.25, 0.3) is 5.91 Å². The molecule has 0 aromatic heterocycles. The van der Waals surface area contributed by atoms with E-state index in [2.05, 4.69) is 5.32 Å². The van der Waals surface area contributed by atoms with E-state index in [9.17, 15) is 9.59 Å². The van der Waals surface area contributed by atoms with E-state index < -0.39 is 0 Å². The van der Waals surface area contributed by atoms with Crippen LogP contribution in [-0.4, -0.2) is 38.6 Å². The quantitative estimate of drug-likeness (QED) is 0.757. The highest BCUT2D eigenvalue weighted by Crippen LogP contribution is 2.32. The van der Waals surface area contributed by atoms with Crippen LogP contribution in [0.4, 0.5) is 0 Å². The molecule has 2 aromatic carbocycles. The molecule has 0 radical (unpaired) electrons. The second kappa shape index (κ2) is 9.28. The number of ketones is 1. The van der Waals surface area contributed by atoms with Crippen LogP contribution in [0.1, 0.15) is 34.8 Å². The molecule has 1 heterocycles. The van der Waals surface area contributed by atoms with E-state index in [1.807, 2.05) is 38.1 Å². The van der Waals surface area contributed by atoms with Gasteiger partial charge in [0, 0.05) is 18.5 Å². The Hall–Kier alpha value is -3.28. The van der Waals surface area contributed by atoms with E-state index in [4.69, 9.17) is 14.2 Å². The van der Waals surface area contributed by atoms with Crippen molar-refractivity contribution in [1.82, 2.24) is 5.32 Å². The Morgan fingerprint density at radius 3 is 2.83 bits per heavy atom. The van der Waals surface area contributed by atoms with Crippen LogP contribution in [-0.2, 0) is 4.79 Å². The molecule has 0 atom stereocenters. The lowest BCUT2D eigenvalue weighted by Crippen LogP contribution is -2.28. The van der Waals surface area contributed by atoms with Gasteiger partial charge >= 0.3 is 0 Å². The normalized spacial score (nSPS) is 14.6. The molecule has 6 nitrogen and oxygen atoms in total. The highest BCUT2D eigenvalue weighted by Gasteiger charge is 2.22. The minimum absolute atomic E-state index is 0.0308. The number of para-hydroxylation sites is 1. The van der Waals surface area contributed by atoms with Gasteiger partial charge in [0.15, 0.2) is 23.9 Å². The number of hydrogen-bond acceptors (Lipinski definition) is 5. The van der Waals surface area contributed by atoms with Crippen molar-refractivity contribution in [3.05, 3.63) is 58.7 Å². The number of carbonyl (C=O) groups is 2. The number of fused-ring (bicyclic) bond motifs is 1. The van der Waals surface area contributed by atoms with Crippen LogP contribution in [0.2, 0.25) is 0 Å². The Balaban J connectivity index is 1.84. The molecule has 6 heteroatoms. The van der Waals surface area contributed by atoms with E-state index >= 15 is 0 Å². The molecule has 1 amide bonds. The van der Waals surface area contributed by atoms with Crippen molar-refractivity contribution < 1.29 is 23.8 Å². The summed E-state index contributed by atoms with van der Waals surface area (Å²) >= 11 is 0. The van der Waals surface area contributed by atoms with Crippen LogP contribution in [0.25, 0.3) is 6.08 Å². The van der Waals surface area contributed by atoms with E-state index in [0.717, 1.165) is 11.1 Å². The molecule has 1 aliphatic rings. The maximum atomic E-state index is 13.0. The average Bonchev–Trinajstić information content (AvgIpc) is 2.87. The number of benzene rings is 2. The number of likely N-dealkylation sites (N-methyl/N-ethyl adjacent to an activating group) is 1. The second-order valence-corrected chi connectivity index (χ2v) is 6.70. The second-order valence-electron chi connectivity index (χ2n) is 6.70. The van der Waals surface area contributed by atoms with Gasteiger partial charge in [-0.15, -0.1) is 0 Å². The van der Waals surface area contributed by atoms with Crippen LogP contribution in [0, 0.1) is 6.92 Å². The fourth-order valence-corrected chi connectivity index (χ4v) is 3.20. The van der Waals surface area contributed by atoms with Gasteiger partial charge in [-0.3, -0.25) is 9.59 Å². The molecule has 152 valence electrons. The summed E-state index contributed by atoms with van der Waals surface area (Å²) < 4.78 is 16.8. The summed E-state index contributed by atoms with van der Waals surface area (Å²) in [6, 6.07) is 10.9. The summed E-state index contributed by atoms with van der Waals surface area (Å²) in [5, 5.41) is 2.68. The number of Topliss-reactive ketones (excluding diaryl/α,β-unsaturated/α-hetero) is 1. The molecule has 2 aromatic rings. The van der Waals surface area contributed by atoms with Gasteiger partial charge in [0.2, 0.25) is 0 Å². The van der Waals surface area contributed by atoms with Gasteiger partial charge in [-0.1, -0.05) is 18.2 Å². The molecule has 0 unspecified atom stereocenters. The van der Waals surface area contributed by atoms with Crippen molar-refractivity contribution in [2.75, 3.05) is 26.9 Å². The van der Waals surface area contributed by atoms with E-state index in [0.29, 0.717) is 48.0 Å². The zero-order valence-corrected chi connectivity index (χ0v) is 16.9. The van der Waals surface area contributed by atoms with Crippen molar-refractivity contribution >= 4 is 17.8 Å². The Labute approximate surface area is 170 Å². The largest absolute Gasteiger partial charge is 0.493 e. The average molecular weight is 395 g/mol. The van der Waals surface area contributed by atoms with Gasteiger partial charge in [-0.05, 0) is 49.2 Å². The van der Waals surface area contributed by atoms with Gasteiger partial charge in [-0.2, -0.15) is 0 Å². The summed E-state index contributed by atoms with van der Waals surface area (Å²) in [4.78, 5) is 24.6. The maximum absolute atomic E-state index is 13.0. The standard InChI is InChI=1S/C23H25NO5/c1-4-24-21(25)14-29-19-9-8-16(13-20(19)27-3)12-17-10-11-28-23-15(2)6-5-7-18(23)22(17)26/h5-9,12-13H,4,10-11,14H2,1-3H3,(H,24,25)/b17-12+. The van der Waals surface area contributed by atoms with Crippen molar-refractivity contribution in [3.63, 3.8) is 0 Å². The number of carbonyl (C=O) groups excluding carboxylic acids is 2. The lowest BCUT2D eigenvalue weighted by atomic mass is 9.97. The Bertz CT molecular complexity index is 948.